The summed E-state index contributed by atoms with van der Waals surface area (Å²) in [4.78, 5) is 0. The van der Waals surface area contributed by atoms with Crippen molar-refractivity contribution in [1.29, 1.82) is 0 Å². The van der Waals surface area contributed by atoms with Gasteiger partial charge >= 0.3 is 0 Å². The molecule has 0 aromatic rings. The molecule has 0 amide bonds. The molecule has 0 radical (unpaired) electrons. The number of rotatable bonds is 6. The minimum absolute atomic E-state index is 0.209. The molecule has 1 atom stereocenters. The minimum atomic E-state index is -2.89. The first kappa shape index (κ1) is 12.0. The Morgan fingerprint density at radius 1 is 1.29 bits per heavy atom. The van der Waals surface area contributed by atoms with Crippen LogP contribution in [0.3, 0.4) is 0 Å². The summed E-state index contributed by atoms with van der Waals surface area (Å²) in [5.74, 6) is 0.490. The van der Waals surface area contributed by atoms with Gasteiger partial charge in [0.15, 0.2) is 9.84 Å². The number of nitrogens with one attached hydrogen (secondary N) is 1. The lowest BCUT2D eigenvalue weighted by atomic mass is 10.2. The average molecular weight is 219 g/mol. The van der Waals surface area contributed by atoms with E-state index in [4.69, 9.17) is 0 Å². The van der Waals surface area contributed by atoms with Crippen LogP contribution in [0.25, 0.3) is 0 Å². The fourth-order valence-corrected chi connectivity index (χ4v) is 2.90. The Kier molecular flexibility index (Phi) is 3.95. The summed E-state index contributed by atoms with van der Waals surface area (Å²) in [6, 6.07) is 0.597. The van der Waals surface area contributed by atoms with E-state index >= 15 is 0 Å². The molecular weight excluding hydrogens is 198 g/mol. The van der Waals surface area contributed by atoms with Crippen molar-refractivity contribution in [2.75, 3.05) is 12.3 Å². The van der Waals surface area contributed by atoms with Crippen molar-refractivity contribution >= 4 is 9.84 Å². The van der Waals surface area contributed by atoms with Crippen LogP contribution in [0.1, 0.15) is 33.6 Å². The molecule has 0 bridgehead atoms. The molecule has 0 aromatic carbocycles. The lowest BCUT2D eigenvalue weighted by Gasteiger charge is -2.16. The van der Waals surface area contributed by atoms with E-state index in [1.807, 2.05) is 13.8 Å². The zero-order valence-corrected chi connectivity index (χ0v) is 10.1. The number of hydrogen-bond acceptors (Lipinski definition) is 3. The van der Waals surface area contributed by atoms with E-state index in [0.717, 1.165) is 0 Å². The second-order valence-electron chi connectivity index (χ2n) is 4.54. The van der Waals surface area contributed by atoms with Crippen LogP contribution in [0.4, 0.5) is 0 Å². The molecule has 0 aromatic heterocycles. The van der Waals surface area contributed by atoms with E-state index in [1.54, 1.807) is 6.92 Å². The smallest absolute Gasteiger partial charge is 0.154 e. The maximum Gasteiger partial charge on any atom is 0.154 e. The molecule has 4 heteroatoms. The minimum Gasteiger partial charge on any atom is -0.313 e. The Morgan fingerprint density at radius 2 is 1.86 bits per heavy atom. The van der Waals surface area contributed by atoms with Gasteiger partial charge in [0.25, 0.3) is 0 Å². The highest BCUT2D eigenvalue weighted by molar-refractivity contribution is 7.92. The lowest BCUT2D eigenvalue weighted by molar-refractivity contribution is 0.542. The molecule has 1 N–H and O–H groups in total. The first-order valence-electron chi connectivity index (χ1n) is 5.38. The van der Waals surface area contributed by atoms with Gasteiger partial charge in [0.2, 0.25) is 0 Å². The summed E-state index contributed by atoms with van der Waals surface area (Å²) in [6.07, 6.45) is 2.42. The molecule has 3 nitrogen and oxygen atoms in total. The van der Waals surface area contributed by atoms with Gasteiger partial charge in [0.1, 0.15) is 0 Å². The second-order valence-corrected chi connectivity index (χ2v) is 7.02. The van der Waals surface area contributed by atoms with Crippen LogP contribution in [0, 0.1) is 5.92 Å². The standard InChI is InChI=1S/C10H21NO2S/c1-8(2)9(3)14(12,13)7-6-11-10-4-5-10/h8-11H,4-7H2,1-3H3. The highest BCUT2D eigenvalue weighted by Gasteiger charge is 2.25. The van der Waals surface area contributed by atoms with Crippen molar-refractivity contribution in [2.45, 2.75) is 44.9 Å². The third kappa shape index (κ3) is 3.58. The zero-order valence-electron chi connectivity index (χ0n) is 9.29. The van der Waals surface area contributed by atoms with E-state index in [9.17, 15) is 8.42 Å². The van der Waals surface area contributed by atoms with E-state index in [0.29, 0.717) is 12.6 Å². The van der Waals surface area contributed by atoms with Crippen LogP contribution in [0.2, 0.25) is 0 Å². The third-order valence-corrected chi connectivity index (χ3v) is 5.35. The molecule has 1 unspecified atom stereocenters. The van der Waals surface area contributed by atoms with E-state index in [1.165, 1.54) is 12.8 Å². The van der Waals surface area contributed by atoms with Crippen LogP contribution in [-0.2, 0) is 9.84 Å². The molecule has 0 spiro atoms. The summed E-state index contributed by atoms with van der Waals surface area (Å²) in [6.45, 7) is 6.33. The predicted molar refractivity (Wildman–Crippen MR) is 59.1 cm³/mol. The van der Waals surface area contributed by atoms with Crippen molar-refractivity contribution in [3.8, 4) is 0 Å². The average Bonchev–Trinajstić information content (AvgIpc) is 2.86. The molecule has 1 aliphatic carbocycles. The van der Waals surface area contributed by atoms with E-state index < -0.39 is 9.84 Å². The number of hydrogen-bond donors (Lipinski definition) is 1. The Morgan fingerprint density at radius 3 is 2.29 bits per heavy atom. The van der Waals surface area contributed by atoms with Crippen LogP contribution >= 0.6 is 0 Å². The highest BCUT2D eigenvalue weighted by atomic mass is 32.2. The van der Waals surface area contributed by atoms with Gasteiger partial charge in [-0.1, -0.05) is 13.8 Å². The summed E-state index contributed by atoms with van der Waals surface area (Å²) in [5, 5.41) is 3.01. The van der Waals surface area contributed by atoms with Crippen LogP contribution in [0.15, 0.2) is 0 Å². The van der Waals surface area contributed by atoms with Crippen LogP contribution in [-0.4, -0.2) is 32.0 Å². The number of sulfone groups is 1. The summed E-state index contributed by atoms with van der Waals surface area (Å²) in [5.41, 5.74) is 0. The SMILES string of the molecule is CC(C)C(C)S(=O)(=O)CCNC1CC1. The van der Waals surface area contributed by atoms with Gasteiger partial charge in [0.05, 0.1) is 11.0 Å². The molecular formula is C10H21NO2S. The van der Waals surface area contributed by atoms with Gasteiger partial charge < -0.3 is 5.32 Å². The second kappa shape index (κ2) is 4.62. The van der Waals surface area contributed by atoms with Crippen molar-refractivity contribution in [3.05, 3.63) is 0 Å². The van der Waals surface area contributed by atoms with Crippen LogP contribution in [0.5, 0.6) is 0 Å². The Balaban J connectivity index is 2.31. The lowest BCUT2D eigenvalue weighted by Crippen LogP contribution is -2.32. The summed E-state index contributed by atoms with van der Waals surface area (Å²) in [7, 11) is -2.89. The monoisotopic (exact) mass is 219 g/mol. The molecule has 1 fully saturated rings. The molecule has 0 aliphatic heterocycles. The Bertz CT molecular complexity index is 268. The van der Waals surface area contributed by atoms with E-state index in [2.05, 4.69) is 5.32 Å². The van der Waals surface area contributed by atoms with Gasteiger partial charge in [-0.25, -0.2) is 8.42 Å². The van der Waals surface area contributed by atoms with Crippen LogP contribution < -0.4 is 5.32 Å². The first-order chi connectivity index (χ1) is 6.43. The molecule has 0 saturated heterocycles. The first-order valence-corrected chi connectivity index (χ1v) is 7.10. The van der Waals surface area contributed by atoms with E-state index in [-0.39, 0.29) is 16.9 Å². The van der Waals surface area contributed by atoms with Crippen molar-refractivity contribution < 1.29 is 8.42 Å². The van der Waals surface area contributed by atoms with Gasteiger partial charge in [-0.3, -0.25) is 0 Å². The van der Waals surface area contributed by atoms with Crippen molar-refractivity contribution in [2.24, 2.45) is 5.92 Å². The van der Waals surface area contributed by atoms with Crippen molar-refractivity contribution in [1.82, 2.24) is 5.32 Å². The maximum atomic E-state index is 11.7. The topological polar surface area (TPSA) is 46.2 Å². The summed E-state index contributed by atoms with van der Waals surface area (Å²) >= 11 is 0. The largest absolute Gasteiger partial charge is 0.313 e. The van der Waals surface area contributed by atoms with Gasteiger partial charge in [-0.15, -0.1) is 0 Å². The molecule has 1 aliphatic rings. The Hall–Kier alpha value is -0.0900. The van der Waals surface area contributed by atoms with Crippen molar-refractivity contribution in [3.63, 3.8) is 0 Å². The molecule has 1 rings (SSSR count). The Labute approximate surface area is 87.2 Å². The summed E-state index contributed by atoms with van der Waals surface area (Å²) < 4.78 is 23.5. The zero-order chi connectivity index (χ0) is 10.8. The third-order valence-electron chi connectivity index (χ3n) is 2.90. The maximum absolute atomic E-state index is 11.7. The molecule has 84 valence electrons. The predicted octanol–water partition coefficient (Wildman–Crippen LogP) is 1.20. The molecule has 1 saturated carbocycles. The fraction of sp³-hybridized carbons (Fsp3) is 1.00. The normalized spacial score (nSPS) is 20.0. The quantitative estimate of drug-likeness (QED) is 0.730. The fourth-order valence-electron chi connectivity index (χ4n) is 1.29. The molecule has 0 heterocycles. The molecule has 14 heavy (non-hydrogen) atoms. The van der Waals surface area contributed by atoms with Gasteiger partial charge in [-0.05, 0) is 25.7 Å². The van der Waals surface area contributed by atoms with Gasteiger partial charge in [0, 0.05) is 12.6 Å². The van der Waals surface area contributed by atoms with Gasteiger partial charge in [-0.2, -0.15) is 0 Å². The highest BCUT2D eigenvalue weighted by Crippen LogP contribution is 2.18.